The van der Waals surface area contributed by atoms with Crippen LogP contribution in [0.25, 0.3) is 0 Å². The topological polar surface area (TPSA) is 44.8 Å². The summed E-state index contributed by atoms with van der Waals surface area (Å²) in [5, 5.41) is 3.30. The first-order valence-electron chi connectivity index (χ1n) is 7.00. The summed E-state index contributed by atoms with van der Waals surface area (Å²) in [7, 11) is 1.93. The zero-order chi connectivity index (χ0) is 12.8. The summed E-state index contributed by atoms with van der Waals surface area (Å²) in [6.07, 6.45) is 2.18. The predicted molar refractivity (Wildman–Crippen MR) is 70.5 cm³/mol. The van der Waals surface area contributed by atoms with Crippen LogP contribution in [-0.4, -0.2) is 75.2 Å². The van der Waals surface area contributed by atoms with Crippen LogP contribution < -0.4 is 5.32 Å². The highest BCUT2D eigenvalue weighted by molar-refractivity contribution is 5.78. The standard InChI is InChI=1S/C13H25N3O2/c1-15(10-12-2-8-18-9-3-12)13(17)11-16-6-4-14-5-7-16/h12,14H,2-11H2,1H3. The molecule has 0 aliphatic carbocycles. The number of piperazine rings is 1. The number of carbonyl (C=O) groups excluding carboxylic acids is 1. The monoisotopic (exact) mass is 255 g/mol. The van der Waals surface area contributed by atoms with Crippen molar-refractivity contribution in [2.24, 2.45) is 5.92 Å². The SMILES string of the molecule is CN(CC1CCOCC1)C(=O)CN1CCNCC1. The molecule has 5 nitrogen and oxygen atoms in total. The van der Waals surface area contributed by atoms with Gasteiger partial charge in [-0.15, -0.1) is 0 Å². The Morgan fingerprint density at radius 1 is 1.33 bits per heavy atom. The van der Waals surface area contributed by atoms with Crippen LogP contribution in [-0.2, 0) is 9.53 Å². The number of hydrogen-bond acceptors (Lipinski definition) is 4. The van der Waals surface area contributed by atoms with E-state index in [1.807, 2.05) is 11.9 Å². The highest BCUT2D eigenvalue weighted by Crippen LogP contribution is 2.15. The molecular formula is C13H25N3O2. The van der Waals surface area contributed by atoms with Crippen LogP contribution in [0.3, 0.4) is 0 Å². The third kappa shape index (κ3) is 4.23. The van der Waals surface area contributed by atoms with Gasteiger partial charge in [0.05, 0.1) is 6.54 Å². The third-order valence-corrected chi connectivity index (χ3v) is 3.87. The fraction of sp³-hybridized carbons (Fsp3) is 0.923. The lowest BCUT2D eigenvalue weighted by Crippen LogP contribution is -2.48. The Morgan fingerprint density at radius 3 is 2.67 bits per heavy atom. The van der Waals surface area contributed by atoms with Crippen LogP contribution in [0.2, 0.25) is 0 Å². The predicted octanol–water partition coefficient (Wildman–Crippen LogP) is -0.223. The Bertz CT molecular complexity index is 261. The molecule has 2 saturated heterocycles. The van der Waals surface area contributed by atoms with E-state index in [0.29, 0.717) is 12.5 Å². The first kappa shape index (κ1) is 13.8. The molecule has 0 aromatic carbocycles. The Balaban J connectivity index is 1.69. The molecular weight excluding hydrogens is 230 g/mol. The lowest BCUT2D eigenvalue weighted by atomic mass is 10.00. The molecule has 0 atom stereocenters. The van der Waals surface area contributed by atoms with Crippen molar-refractivity contribution in [3.8, 4) is 0 Å². The highest BCUT2D eigenvalue weighted by atomic mass is 16.5. The number of amides is 1. The van der Waals surface area contributed by atoms with Crippen molar-refractivity contribution in [1.29, 1.82) is 0 Å². The van der Waals surface area contributed by atoms with Gasteiger partial charge in [0.25, 0.3) is 0 Å². The van der Waals surface area contributed by atoms with Crippen molar-refractivity contribution in [1.82, 2.24) is 15.1 Å². The molecule has 2 aliphatic heterocycles. The second-order valence-corrected chi connectivity index (χ2v) is 5.36. The van der Waals surface area contributed by atoms with Crippen LogP contribution in [0.4, 0.5) is 0 Å². The maximum absolute atomic E-state index is 12.1. The smallest absolute Gasteiger partial charge is 0.236 e. The molecule has 0 bridgehead atoms. The van der Waals surface area contributed by atoms with Gasteiger partial charge in [-0.1, -0.05) is 0 Å². The molecule has 5 heteroatoms. The summed E-state index contributed by atoms with van der Waals surface area (Å²) < 4.78 is 5.34. The van der Waals surface area contributed by atoms with Gasteiger partial charge in [0, 0.05) is 53.0 Å². The molecule has 0 spiro atoms. The van der Waals surface area contributed by atoms with E-state index in [1.54, 1.807) is 0 Å². The summed E-state index contributed by atoms with van der Waals surface area (Å²) in [6.45, 7) is 7.12. The molecule has 2 aliphatic rings. The maximum Gasteiger partial charge on any atom is 0.236 e. The van der Waals surface area contributed by atoms with Crippen LogP contribution >= 0.6 is 0 Å². The van der Waals surface area contributed by atoms with E-state index >= 15 is 0 Å². The average Bonchev–Trinajstić information content (AvgIpc) is 2.41. The minimum absolute atomic E-state index is 0.253. The molecule has 0 radical (unpaired) electrons. The Labute approximate surface area is 109 Å². The molecule has 0 aromatic heterocycles. The molecule has 0 saturated carbocycles. The van der Waals surface area contributed by atoms with E-state index < -0.39 is 0 Å². The quantitative estimate of drug-likeness (QED) is 0.754. The minimum atomic E-state index is 0.253. The van der Waals surface area contributed by atoms with Crippen LogP contribution in [0.5, 0.6) is 0 Å². The van der Waals surface area contributed by atoms with Gasteiger partial charge >= 0.3 is 0 Å². The summed E-state index contributed by atoms with van der Waals surface area (Å²) >= 11 is 0. The first-order valence-corrected chi connectivity index (χ1v) is 7.00. The number of ether oxygens (including phenoxy) is 1. The van der Waals surface area contributed by atoms with E-state index in [1.165, 1.54) is 0 Å². The highest BCUT2D eigenvalue weighted by Gasteiger charge is 2.20. The van der Waals surface area contributed by atoms with Gasteiger partial charge in [-0.2, -0.15) is 0 Å². The number of likely N-dealkylation sites (N-methyl/N-ethyl adjacent to an activating group) is 1. The van der Waals surface area contributed by atoms with Gasteiger partial charge in [-0.05, 0) is 18.8 Å². The fourth-order valence-corrected chi connectivity index (χ4v) is 2.60. The molecule has 1 N–H and O–H groups in total. The molecule has 1 amide bonds. The first-order chi connectivity index (χ1) is 8.75. The number of rotatable bonds is 4. The van der Waals surface area contributed by atoms with E-state index in [0.717, 1.165) is 58.8 Å². The van der Waals surface area contributed by atoms with E-state index in [2.05, 4.69) is 10.2 Å². The molecule has 0 unspecified atom stereocenters. The largest absolute Gasteiger partial charge is 0.381 e. The van der Waals surface area contributed by atoms with Crippen LogP contribution in [0.15, 0.2) is 0 Å². The number of carbonyl (C=O) groups is 1. The van der Waals surface area contributed by atoms with Crippen LogP contribution in [0.1, 0.15) is 12.8 Å². The zero-order valence-corrected chi connectivity index (χ0v) is 11.4. The molecule has 0 aromatic rings. The number of hydrogen-bond donors (Lipinski definition) is 1. The van der Waals surface area contributed by atoms with Gasteiger partial charge in [-0.3, -0.25) is 9.69 Å². The van der Waals surface area contributed by atoms with Crippen molar-refractivity contribution in [2.75, 3.05) is 59.5 Å². The second-order valence-electron chi connectivity index (χ2n) is 5.36. The molecule has 2 rings (SSSR count). The summed E-state index contributed by atoms with van der Waals surface area (Å²) in [4.78, 5) is 16.3. The Kier molecular flexibility index (Phi) is 5.41. The van der Waals surface area contributed by atoms with E-state index in [9.17, 15) is 4.79 Å². The van der Waals surface area contributed by atoms with Gasteiger partial charge in [0.1, 0.15) is 0 Å². The molecule has 18 heavy (non-hydrogen) atoms. The normalized spacial score (nSPS) is 22.9. The molecule has 2 heterocycles. The Morgan fingerprint density at radius 2 is 2.00 bits per heavy atom. The van der Waals surface area contributed by atoms with Crippen LogP contribution in [0, 0.1) is 5.92 Å². The number of nitrogens with one attached hydrogen (secondary N) is 1. The maximum atomic E-state index is 12.1. The van der Waals surface area contributed by atoms with Gasteiger partial charge < -0.3 is 15.0 Å². The zero-order valence-electron chi connectivity index (χ0n) is 11.4. The Hall–Kier alpha value is -0.650. The van der Waals surface area contributed by atoms with Crippen molar-refractivity contribution in [3.05, 3.63) is 0 Å². The second kappa shape index (κ2) is 7.07. The van der Waals surface area contributed by atoms with Crippen molar-refractivity contribution in [2.45, 2.75) is 12.8 Å². The lowest BCUT2D eigenvalue weighted by Gasteiger charge is -2.31. The van der Waals surface area contributed by atoms with Crippen molar-refractivity contribution in [3.63, 3.8) is 0 Å². The summed E-state index contributed by atoms with van der Waals surface area (Å²) in [5.41, 5.74) is 0. The average molecular weight is 255 g/mol. The minimum Gasteiger partial charge on any atom is -0.381 e. The fourth-order valence-electron chi connectivity index (χ4n) is 2.60. The van der Waals surface area contributed by atoms with Gasteiger partial charge in [-0.25, -0.2) is 0 Å². The van der Waals surface area contributed by atoms with E-state index in [-0.39, 0.29) is 5.91 Å². The van der Waals surface area contributed by atoms with Crippen molar-refractivity contribution < 1.29 is 9.53 Å². The van der Waals surface area contributed by atoms with E-state index in [4.69, 9.17) is 4.74 Å². The third-order valence-electron chi connectivity index (χ3n) is 3.87. The number of nitrogens with zero attached hydrogens (tertiary/aromatic N) is 2. The van der Waals surface area contributed by atoms with Gasteiger partial charge in [0.15, 0.2) is 0 Å². The lowest BCUT2D eigenvalue weighted by molar-refractivity contribution is -0.132. The summed E-state index contributed by atoms with van der Waals surface area (Å²) in [6, 6.07) is 0. The molecule has 104 valence electrons. The van der Waals surface area contributed by atoms with Gasteiger partial charge in [0.2, 0.25) is 5.91 Å². The van der Waals surface area contributed by atoms with Crippen molar-refractivity contribution >= 4 is 5.91 Å². The molecule has 2 fully saturated rings. The summed E-state index contributed by atoms with van der Waals surface area (Å²) in [5.74, 6) is 0.874.